The number of halogens is 1. The van der Waals surface area contributed by atoms with Crippen molar-refractivity contribution in [3.05, 3.63) is 90.2 Å². The minimum Gasteiger partial charge on any atom is -0.312 e. The molecule has 2 nitrogen and oxygen atoms in total. The first-order chi connectivity index (χ1) is 13.1. The smallest absolute Gasteiger partial charge is 0.227 e. The monoisotopic (exact) mass is 359 g/mol. The molecule has 1 fully saturated rings. The molecule has 0 spiro atoms. The van der Waals surface area contributed by atoms with Crippen LogP contribution in [0.25, 0.3) is 11.1 Å². The molecule has 1 amide bonds. The lowest BCUT2D eigenvalue weighted by molar-refractivity contribution is -0.121. The number of benzene rings is 3. The predicted octanol–water partition coefficient (Wildman–Crippen LogP) is 5.58. The average molecular weight is 359 g/mol. The van der Waals surface area contributed by atoms with Crippen molar-refractivity contribution in [2.75, 3.05) is 11.4 Å². The summed E-state index contributed by atoms with van der Waals surface area (Å²) in [6, 6.07) is 24.6. The lowest BCUT2D eigenvalue weighted by Crippen LogP contribution is -2.45. The van der Waals surface area contributed by atoms with Crippen LogP contribution >= 0.6 is 0 Å². The van der Waals surface area contributed by atoms with Crippen LogP contribution in [0.1, 0.15) is 25.3 Å². The van der Waals surface area contributed by atoms with Gasteiger partial charge in [-0.1, -0.05) is 67.6 Å². The van der Waals surface area contributed by atoms with E-state index < -0.39 is 0 Å². The second kappa shape index (κ2) is 6.99. The standard InChI is InChI=1S/C24H22FNO/c1-24(19-9-3-2-4-10-19)14-15-26(23(27)17-24)20-11-7-8-18(16-20)21-12-5-6-13-22(21)25/h2-13,16H,14-15,17H2,1H3. The van der Waals surface area contributed by atoms with Gasteiger partial charge in [0, 0.05) is 29.6 Å². The molecule has 0 saturated carbocycles. The molecule has 27 heavy (non-hydrogen) atoms. The molecule has 3 aromatic carbocycles. The van der Waals surface area contributed by atoms with Gasteiger partial charge in [0.25, 0.3) is 0 Å². The molecule has 136 valence electrons. The van der Waals surface area contributed by atoms with E-state index in [1.165, 1.54) is 11.6 Å². The zero-order chi connectivity index (χ0) is 18.9. The van der Waals surface area contributed by atoms with Crippen molar-refractivity contribution in [2.45, 2.75) is 25.2 Å². The third kappa shape index (κ3) is 3.37. The Morgan fingerprint density at radius 3 is 2.41 bits per heavy atom. The summed E-state index contributed by atoms with van der Waals surface area (Å²) >= 11 is 0. The van der Waals surface area contributed by atoms with Crippen molar-refractivity contribution in [1.29, 1.82) is 0 Å². The highest BCUT2D eigenvalue weighted by atomic mass is 19.1. The summed E-state index contributed by atoms with van der Waals surface area (Å²) in [6.45, 7) is 2.82. The Labute approximate surface area is 159 Å². The van der Waals surface area contributed by atoms with E-state index in [2.05, 4.69) is 19.1 Å². The molecule has 1 unspecified atom stereocenters. The molecule has 4 rings (SSSR count). The molecule has 1 atom stereocenters. The molecular weight excluding hydrogens is 337 g/mol. The van der Waals surface area contributed by atoms with Gasteiger partial charge in [0.05, 0.1) is 0 Å². The number of carbonyl (C=O) groups is 1. The van der Waals surface area contributed by atoms with Crippen molar-refractivity contribution in [3.63, 3.8) is 0 Å². The highest BCUT2D eigenvalue weighted by Crippen LogP contribution is 2.37. The van der Waals surface area contributed by atoms with E-state index in [9.17, 15) is 9.18 Å². The summed E-state index contributed by atoms with van der Waals surface area (Å²) in [5.41, 5.74) is 3.24. The number of rotatable bonds is 3. The summed E-state index contributed by atoms with van der Waals surface area (Å²) in [6.07, 6.45) is 1.37. The van der Waals surface area contributed by atoms with E-state index in [-0.39, 0.29) is 17.1 Å². The first-order valence-electron chi connectivity index (χ1n) is 9.28. The molecule has 0 aromatic heterocycles. The van der Waals surface area contributed by atoms with Crippen LogP contribution in [-0.2, 0) is 10.2 Å². The van der Waals surface area contributed by atoms with Gasteiger partial charge in [0.1, 0.15) is 5.82 Å². The quantitative estimate of drug-likeness (QED) is 0.598. The van der Waals surface area contributed by atoms with Crippen LogP contribution in [0.2, 0.25) is 0 Å². The van der Waals surface area contributed by atoms with Crippen LogP contribution in [0, 0.1) is 5.82 Å². The Morgan fingerprint density at radius 2 is 1.67 bits per heavy atom. The highest BCUT2D eigenvalue weighted by Gasteiger charge is 2.37. The van der Waals surface area contributed by atoms with Gasteiger partial charge in [-0.3, -0.25) is 4.79 Å². The summed E-state index contributed by atoms with van der Waals surface area (Å²) < 4.78 is 14.1. The number of hydrogen-bond donors (Lipinski definition) is 0. The van der Waals surface area contributed by atoms with Gasteiger partial charge in [-0.25, -0.2) is 4.39 Å². The van der Waals surface area contributed by atoms with Crippen LogP contribution in [0.4, 0.5) is 10.1 Å². The molecule has 3 heteroatoms. The van der Waals surface area contributed by atoms with Gasteiger partial charge in [0.15, 0.2) is 0 Å². The number of anilines is 1. The molecule has 3 aromatic rings. The molecule has 1 aliphatic rings. The summed E-state index contributed by atoms with van der Waals surface area (Å²) in [7, 11) is 0. The molecule has 0 aliphatic carbocycles. The predicted molar refractivity (Wildman–Crippen MR) is 107 cm³/mol. The average Bonchev–Trinajstić information content (AvgIpc) is 2.69. The van der Waals surface area contributed by atoms with E-state index in [1.807, 2.05) is 53.4 Å². The Kier molecular flexibility index (Phi) is 4.53. The fraction of sp³-hybridized carbons (Fsp3) is 0.208. The molecule has 0 radical (unpaired) electrons. The lowest BCUT2D eigenvalue weighted by atomic mass is 9.74. The minimum absolute atomic E-state index is 0.110. The van der Waals surface area contributed by atoms with Crippen molar-refractivity contribution in [2.24, 2.45) is 0 Å². The van der Waals surface area contributed by atoms with E-state index in [4.69, 9.17) is 0 Å². The van der Waals surface area contributed by atoms with Gasteiger partial charge >= 0.3 is 0 Å². The van der Waals surface area contributed by atoms with Crippen molar-refractivity contribution >= 4 is 11.6 Å². The second-order valence-corrected chi connectivity index (χ2v) is 7.43. The van der Waals surface area contributed by atoms with Crippen molar-refractivity contribution < 1.29 is 9.18 Å². The van der Waals surface area contributed by atoms with E-state index in [1.54, 1.807) is 12.1 Å². The zero-order valence-electron chi connectivity index (χ0n) is 15.4. The van der Waals surface area contributed by atoms with Gasteiger partial charge in [0.2, 0.25) is 5.91 Å². The third-order valence-corrected chi connectivity index (χ3v) is 5.54. The van der Waals surface area contributed by atoms with Crippen molar-refractivity contribution in [3.8, 4) is 11.1 Å². The lowest BCUT2D eigenvalue weighted by Gasteiger charge is -2.39. The largest absolute Gasteiger partial charge is 0.312 e. The number of piperidine rings is 1. The van der Waals surface area contributed by atoms with Crippen LogP contribution in [0.5, 0.6) is 0 Å². The summed E-state index contributed by atoms with van der Waals surface area (Å²) in [5, 5.41) is 0. The SMILES string of the molecule is CC1(c2ccccc2)CCN(c2cccc(-c3ccccc3F)c2)C(=O)C1. The van der Waals surface area contributed by atoms with E-state index in [0.717, 1.165) is 17.7 Å². The number of hydrogen-bond acceptors (Lipinski definition) is 1. The van der Waals surface area contributed by atoms with Crippen LogP contribution in [-0.4, -0.2) is 12.5 Å². The summed E-state index contributed by atoms with van der Waals surface area (Å²) in [5.74, 6) is -0.144. The van der Waals surface area contributed by atoms with Crippen LogP contribution in [0.15, 0.2) is 78.9 Å². The summed E-state index contributed by atoms with van der Waals surface area (Å²) in [4.78, 5) is 14.8. The molecule has 1 heterocycles. The fourth-order valence-corrected chi connectivity index (χ4v) is 3.90. The maximum absolute atomic E-state index is 14.1. The molecule has 1 aliphatic heterocycles. The molecule has 1 saturated heterocycles. The maximum atomic E-state index is 14.1. The number of amides is 1. The fourth-order valence-electron chi connectivity index (χ4n) is 3.90. The molecular formula is C24H22FNO. The first-order valence-corrected chi connectivity index (χ1v) is 9.28. The van der Waals surface area contributed by atoms with Crippen LogP contribution in [0.3, 0.4) is 0 Å². The Bertz CT molecular complexity index is 969. The second-order valence-electron chi connectivity index (χ2n) is 7.43. The Balaban J connectivity index is 1.60. The number of carbonyl (C=O) groups excluding carboxylic acids is 1. The van der Waals surface area contributed by atoms with E-state index in [0.29, 0.717) is 18.5 Å². The highest BCUT2D eigenvalue weighted by molar-refractivity contribution is 5.95. The third-order valence-electron chi connectivity index (χ3n) is 5.54. The molecule has 0 N–H and O–H groups in total. The molecule has 0 bridgehead atoms. The topological polar surface area (TPSA) is 20.3 Å². The minimum atomic E-state index is -0.253. The van der Waals surface area contributed by atoms with Gasteiger partial charge in [-0.15, -0.1) is 0 Å². The van der Waals surface area contributed by atoms with Gasteiger partial charge in [-0.05, 0) is 35.7 Å². The Hall–Kier alpha value is -2.94. The van der Waals surface area contributed by atoms with E-state index >= 15 is 0 Å². The maximum Gasteiger partial charge on any atom is 0.227 e. The van der Waals surface area contributed by atoms with Gasteiger partial charge in [-0.2, -0.15) is 0 Å². The number of nitrogens with zero attached hydrogens (tertiary/aromatic N) is 1. The van der Waals surface area contributed by atoms with Crippen LogP contribution < -0.4 is 4.90 Å². The first kappa shape index (κ1) is 17.5. The van der Waals surface area contributed by atoms with Gasteiger partial charge < -0.3 is 4.90 Å². The van der Waals surface area contributed by atoms with Crippen molar-refractivity contribution in [1.82, 2.24) is 0 Å². The normalized spacial score (nSPS) is 19.9. The zero-order valence-corrected chi connectivity index (χ0v) is 15.4. The Morgan fingerprint density at radius 1 is 0.926 bits per heavy atom.